The van der Waals surface area contributed by atoms with E-state index in [1.807, 2.05) is 20.8 Å². The van der Waals surface area contributed by atoms with Crippen LogP contribution in [-0.2, 0) is 21.6 Å². The summed E-state index contributed by atoms with van der Waals surface area (Å²) in [6.07, 6.45) is 2.35. The molecule has 1 atom stereocenters. The minimum absolute atomic E-state index is 0.0448. The Morgan fingerprint density at radius 1 is 1.12 bits per heavy atom. The summed E-state index contributed by atoms with van der Waals surface area (Å²) in [5, 5.41) is 10.8. The number of esters is 2. The molecule has 1 saturated carbocycles. The van der Waals surface area contributed by atoms with E-state index in [1.54, 1.807) is 36.4 Å². The van der Waals surface area contributed by atoms with Gasteiger partial charge in [0, 0.05) is 11.1 Å². The Labute approximate surface area is 239 Å². The number of aliphatic hydroxyl groups is 1. The van der Waals surface area contributed by atoms with E-state index in [9.17, 15) is 19.1 Å². The first-order chi connectivity index (χ1) is 19.6. The zero-order chi connectivity index (χ0) is 29.3. The fourth-order valence-electron chi connectivity index (χ4n) is 5.92. The molecular formula is C33H35FO7. The van der Waals surface area contributed by atoms with E-state index in [1.165, 1.54) is 19.2 Å². The summed E-state index contributed by atoms with van der Waals surface area (Å²) >= 11 is 0. The molecule has 0 bridgehead atoms. The van der Waals surface area contributed by atoms with Crippen molar-refractivity contribution >= 4 is 11.9 Å². The zero-order valence-corrected chi connectivity index (χ0v) is 23.8. The van der Waals surface area contributed by atoms with Crippen LogP contribution < -0.4 is 14.2 Å². The van der Waals surface area contributed by atoms with Gasteiger partial charge in [-0.25, -0.2) is 9.18 Å². The van der Waals surface area contributed by atoms with Gasteiger partial charge in [0.25, 0.3) is 0 Å². The van der Waals surface area contributed by atoms with Crippen molar-refractivity contribution in [1.29, 1.82) is 0 Å². The molecule has 0 aromatic heterocycles. The predicted molar refractivity (Wildman–Crippen MR) is 150 cm³/mol. The minimum atomic E-state index is -0.977. The average molecular weight is 563 g/mol. The normalized spacial score (nSPS) is 16.5. The Kier molecular flexibility index (Phi) is 8.04. The van der Waals surface area contributed by atoms with Crippen LogP contribution in [0.15, 0.2) is 48.5 Å². The number of carbonyl (C=O) groups is 2. The number of cyclic esters (lactones) is 1. The molecule has 0 amide bonds. The number of hydrogen-bond acceptors (Lipinski definition) is 7. The number of aryl methyl sites for hydroxylation is 1. The molecule has 41 heavy (non-hydrogen) atoms. The van der Waals surface area contributed by atoms with Gasteiger partial charge in [-0.1, -0.05) is 38.8 Å². The van der Waals surface area contributed by atoms with Crippen molar-refractivity contribution in [2.24, 2.45) is 5.92 Å². The summed E-state index contributed by atoms with van der Waals surface area (Å²) in [5.74, 6) is -0.597. The third-order valence-electron chi connectivity index (χ3n) is 7.89. The van der Waals surface area contributed by atoms with E-state index >= 15 is 0 Å². The van der Waals surface area contributed by atoms with Gasteiger partial charge in [0.05, 0.1) is 18.6 Å². The quantitative estimate of drug-likeness (QED) is 0.243. The first-order valence-corrected chi connectivity index (χ1v) is 14.0. The molecule has 7 nitrogen and oxygen atoms in total. The van der Waals surface area contributed by atoms with Crippen molar-refractivity contribution in [3.63, 3.8) is 0 Å². The van der Waals surface area contributed by atoms with E-state index < -0.39 is 29.3 Å². The van der Waals surface area contributed by atoms with Crippen LogP contribution in [0.2, 0.25) is 0 Å². The zero-order valence-electron chi connectivity index (χ0n) is 23.8. The molecule has 1 fully saturated rings. The molecule has 0 radical (unpaired) electrons. The number of rotatable bonds is 7. The Morgan fingerprint density at radius 2 is 1.88 bits per heavy atom. The van der Waals surface area contributed by atoms with Crippen molar-refractivity contribution in [2.75, 3.05) is 7.11 Å². The van der Waals surface area contributed by atoms with Gasteiger partial charge in [0.2, 0.25) is 0 Å². The van der Waals surface area contributed by atoms with Gasteiger partial charge in [0.15, 0.2) is 11.5 Å². The number of ether oxygens (including phenoxy) is 4. The Hall–Kier alpha value is -3.91. The van der Waals surface area contributed by atoms with Crippen LogP contribution in [0, 0.1) is 18.7 Å². The maximum Gasteiger partial charge on any atom is 0.346 e. The lowest BCUT2D eigenvalue weighted by atomic mass is 9.79. The van der Waals surface area contributed by atoms with Crippen LogP contribution in [0.3, 0.4) is 0 Å². The minimum Gasteiger partial charge on any atom is -0.495 e. The number of aliphatic hydroxyl groups excluding tert-OH is 1. The number of hydrogen-bond donors (Lipinski definition) is 1. The highest BCUT2D eigenvalue weighted by atomic mass is 19.1. The molecule has 3 aromatic carbocycles. The second kappa shape index (κ2) is 11.5. The van der Waals surface area contributed by atoms with Gasteiger partial charge >= 0.3 is 11.9 Å². The van der Waals surface area contributed by atoms with Crippen LogP contribution >= 0.6 is 0 Å². The van der Waals surface area contributed by atoms with Crippen LogP contribution in [0.1, 0.15) is 84.7 Å². The van der Waals surface area contributed by atoms with Crippen LogP contribution in [0.4, 0.5) is 4.39 Å². The van der Waals surface area contributed by atoms with Crippen molar-refractivity contribution in [1.82, 2.24) is 0 Å². The fraction of sp³-hybridized carbons (Fsp3) is 0.394. The molecule has 8 heteroatoms. The largest absolute Gasteiger partial charge is 0.495 e. The highest BCUT2D eigenvalue weighted by molar-refractivity contribution is 5.97. The third kappa shape index (κ3) is 5.53. The molecule has 1 aliphatic carbocycles. The number of benzene rings is 3. The van der Waals surface area contributed by atoms with Crippen molar-refractivity contribution in [3.8, 4) is 23.0 Å². The van der Waals surface area contributed by atoms with Gasteiger partial charge in [-0.15, -0.1) is 0 Å². The van der Waals surface area contributed by atoms with E-state index in [0.29, 0.717) is 36.0 Å². The molecule has 5 rings (SSSR count). The lowest BCUT2D eigenvalue weighted by molar-refractivity contribution is -0.141. The van der Waals surface area contributed by atoms with Crippen LogP contribution in [0.25, 0.3) is 0 Å². The summed E-state index contributed by atoms with van der Waals surface area (Å²) in [4.78, 5) is 27.1. The van der Waals surface area contributed by atoms with E-state index in [-0.39, 0.29) is 41.1 Å². The number of halogens is 1. The van der Waals surface area contributed by atoms with Crippen molar-refractivity contribution < 1.29 is 38.0 Å². The molecule has 0 spiro atoms. The summed E-state index contributed by atoms with van der Waals surface area (Å²) in [6, 6.07) is 12.9. The Bertz CT molecular complexity index is 1470. The maximum atomic E-state index is 14.2. The lowest BCUT2D eigenvalue weighted by Gasteiger charge is -2.28. The number of fused-ring (bicyclic) bond motifs is 2. The third-order valence-corrected chi connectivity index (χ3v) is 7.89. The second-order valence-electron chi connectivity index (χ2n) is 11.3. The average Bonchev–Trinajstić information content (AvgIpc) is 3.43. The van der Waals surface area contributed by atoms with Gasteiger partial charge < -0.3 is 24.1 Å². The van der Waals surface area contributed by atoms with E-state index in [0.717, 1.165) is 18.4 Å². The van der Waals surface area contributed by atoms with Crippen LogP contribution in [0.5, 0.6) is 23.0 Å². The van der Waals surface area contributed by atoms with Crippen molar-refractivity contribution in [2.45, 2.75) is 71.0 Å². The molecule has 1 aliphatic heterocycles. The predicted octanol–water partition coefficient (Wildman–Crippen LogP) is 7.10. The SMILES string of the molecule is COc1c([C@@H](O)CC(C)C)ccc2c1C(=O)OCc1cc(C)cc(OC(=O)C3(c4cccc(F)c4)CCCC3)c1O2. The monoisotopic (exact) mass is 562 g/mol. The second-order valence-corrected chi connectivity index (χ2v) is 11.3. The molecule has 0 saturated heterocycles. The van der Waals surface area contributed by atoms with E-state index in [4.69, 9.17) is 18.9 Å². The van der Waals surface area contributed by atoms with Gasteiger partial charge in [-0.3, -0.25) is 4.79 Å². The van der Waals surface area contributed by atoms with Crippen LogP contribution in [-0.4, -0.2) is 24.2 Å². The molecule has 216 valence electrons. The fourth-order valence-corrected chi connectivity index (χ4v) is 5.92. The highest BCUT2D eigenvalue weighted by Gasteiger charge is 2.45. The number of methoxy groups -OCH3 is 1. The molecule has 3 aromatic rings. The van der Waals surface area contributed by atoms with Crippen molar-refractivity contribution in [3.05, 3.63) is 82.2 Å². The summed E-state index contributed by atoms with van der Waals surface area (Å²) in [5.41, 5.74) is 1.42. The first-order valence-electron chi connectivity index (χ1n) is 14.0. The molecular weight excluding hydrogens is 527 g/mol. The van der Waals surface area contributed by atoms with E-state index in [2.05, 4.69) is 0 Å². The molecule has 1 N–H and O–H groups in total. The summed E-state index contributed by atoms with van der Waals surface area (Å²) in [7, 11) is 1.42. The Balaban J connectivity index is 1.56. The summed E-state index contributed by atoms with van der Waals surface area (Å²) < 4.78 is 37.8. The summed E-state index contributed by atoms with van der Waals surface area (Å²) in [6.45, 7) is 5.70. The smallest absolute Gasteiger partial charge is 0.346 e. The Morgan fingerprint density at radius 3 is 2.56 bits per heavy atom. The standard InChI is InChI=1S/C33H35FO7/c1-19(2)14-25(35)24-10-11-26-28(30(24)38-4)31(36)39-18-21-15-20(3)16-27(29(21)40-26)41-32(37)33(12-5-6-13-33)22-8-7-9-23(34)17-22/h7-11,15-17,19,25,35H,5-6,12-14,18H2,1-4H3/t25-/m0/s1. The topological polar surface area (TPSA) is 91.3 Å². The maximum absolute atomic E-state index is 14.2. The molecule has 1 heterocycles. The van der Waals surface area contributed by atoms with Gasteiger partial charge in [-0.05, 0) is 79.6 Å². The number of carbonyl (C=O) groups excluding carboxylic acids is 2. The van der Waals surface area contributed by atoms with Gasteiger partial charge in [-0.2, -0.15) is 0 Å². The highest BCUT2D eigenvalue weighted by Crippen LogP contribution is 2.47. The molecule has 0 unspecified atom stereocenters. The molecule has 2 aliphatic rings. The lowest BCUT2D eigenvalue weighted by Crippen LogP contribution is -2.37. The first kappa shape index (κ1) is 28.6. The van der Waals surface area contributed by atoms with Gasteiger partial charge in [0.1, 0.15) is 29.5 Å².